The molecule has 0 fully saturated rings. The Bertz CT molecular complexity index is 298. The number of unbranched alkanes of at least 4 members (excludes halogenated alkanes) is 2. The Labute approximate surface area is 129 Å². The highest BCUT2D eigenvalue weighted by Gasteiger charge is 2.21. The fourth-order valence-electron chi connectivity index (χ4n) is 2.18. The van der Waals surface area contributed by atoms with Crippen LogP contribution in [0.15, 0.2) is 0 Å². The van der Waals surface area contributed by atoms with E-state index in [2.05, 4.69) is 19.2 Å². The van der Waals surface area contributed by atoms with E-state index in [0.717, 1.165) is 38.8 Å². The summed E-state index contributed by atoms with van der Waals surface area (Å²) in [5.74, 6) is -1.04. The van der Waals surface area contributed by atoms with E-state index in [1.54, 1.807) is 4.90 Å². The zero-order chi connectivity index (χ0) is 16.3. The van der Waals surface area contributed by atoms with E-state index in [-0.39, 0.29) is 12.6 Å². The minimum atomic E-state index is -0.835. The number of carbonyl (C=O) groups is 2. The minimum absolute atomic E-state index is 0.132. The summed E-state index contributed by atoms with van der Waals surface area (Å²) >= 11 is 0. The zero-order valence-electron chi connectivity index (χ0n) is 14.0. The first kappa shape index (κ1) is 19.7. The molecule has 5 heteroatoms. The summed E-state index contributed by atoms with van der Waals surface area (Å²) in [6.07, 6.45) is 4.62. The molecule has 0 spiro atoms. The molecule has 0 rings (SSSR count). The van der Waals surface area contributed by atoms with Crippen molar-refractivity contribution < 1.29 is 14.7 Å². The van der Waals surface area contributed by atoms with Gasteiger partial charge in [-0.15, -0.1) is 0 Å². The summed E-state index contributed by atoms with van der Waals surface area (Å²) < 4.78 is 0. The minimum Gasteiger partial charge on any atom is -0.481 e. The van der Waals surface area contributed by atoms with Crippen LogP contribution in [0, 0.1) is 11.8 Å². The van der Waals surface area contributed by atoms with Gasteiger partial charge in [-0.2, -0.15) is 0 Å². The van der Waals surface area contributed by atoms with Gasteiger partial charge in [0.1, 0.15) is 0 Å². The van der Waals surface area contributed by atoms with E-state index in [4.69, 9.17) is 0 Å². The summed E-state index contributed by atoms with van der Waals surface area (Å²) in [6.45, 7) is 9.87. The lowest BCUT2D eigenvalue weighted by Crippen LogP contribution is -2.44. The number of carboxylic acids is 1. The van der Waals surface area contributed by atoms with E-state index in [0.29, 0.717) is 12.3 Å². The lowest BCUT2D eigenvalue weighted by Gasteiger charge is -2.24. The van der Waals surface area contributed by atoms with Crippen LogP contribution in [0.1, 0.15) is 59.8 Å². The smallest absolute Gasteiger partial charge is 0.317 e. The van der Waals surface area contributed by atoms with E-state index < -0.39 is 11.9 Å². The third kappa shape index (κ3) is 9.32. The second kappa shape index (κ2) is 11.4. The SMILES string of the molecule is CCCCN(CCCC)C(=O)NCC(CC(C)C)C(=O)O. The van der Waals surface area contributed by atoms with Crippen LogP contribution in [0.5, 0.6) is 0 Å². The van der Waals surface area contributed by atoms with Crippen molar-refractivity contribution in [3.05, 3.63) is 0 Å². The van der Waals surface area contributed by atoms with Gasteiger partial charge < -0.3 is 15.3 Å². The first-order valence-electron chi connectivity index (χ1n) is 8.17. The van der Waals surface area contributed by atoms with Crippen molar-refractivity contribution in [1.29, 1.82) is 0 Å². The van der Waals surface area contributed by atoms with Gasteiger partial charge in [-0.1, -0.05) is 40.5 Å². The molecule has 1 unspecified atom stereocenters. The maximum Gasteiger partial charge on any atom is 0.317 e. The standard InChI is InChI=1S/C16H32N2O3/c1-5-7-9-18(10-8-6-2)16(21)17-12-14(15(19)20)11-13(3)4/h13-14H,5-12H2,1-4H3,(H,17,21)(H,19,20). The Balaban J connectivity index is 4.39. The van der Waals surface area contributed by atoms with Crippen LogP contribution < -0.4 is 5.32 Å². The van der Waals surface area contributed by atoms with Gasteiger partial charge in [0.05, 0.1) is 5.92 Å². The molecule has 124 valence electrons. The number of urea groups is 1. The van der Waals surface area contributed by atoms with Crippen LogP contribution in [-0.2, 0) is 4.79 Å². The normalized spacial score (nSPS) is 12.2. The van der Waals surface area contributed by atoms with E-state index in [1.807, 2.05) is 13.8 Å². The predicted molar refractivity (Wildman–Crippen MR) is 85.4 cm³/mol. The van der Waals surface area contributed by atoms with Crippen molar-refractivity contribution in [2.45, 2.75) is 59.8 Å². The van der Waals surface area contributed by atoms with E-state index >= 15 is 0 Å². The first-order valence-corrected chi connectivity index (χ1v) is 8.17. The number of carbonyl (C=O) groups excluding carboxylic acids is 1. The van der Waals surface area contributed by atoms with Gasteiger partial charge in [-0.05, 0) is 25.2 Å². The average molecular weight is 300 g/mol. The van der Waals surface area contributed by atoms with Crippen molar-refractivity contribution in [3.63, 3.8) is 0 Å². The number of amides is 2. The van der Waals surface area contributed by atoms with Gasteiger partial charge in [-0.3, -0.25) is 4.79 Å². The molecular weight excluding hydrogens is 268 g/mol. The Hall–Kier alpha value is -1.26. The molecule has 0 aromatic heterocycles. The number of nitrogens with zero attached hydrogens (tertiary/aromatic N) is 1. The maximum atomic E-state index is 12.2. The molecular formula is C16H32N2O3. The summed E-state index contributed by atoms with van der Waals surface area (Å²) in [5.41, 5.74) is 0. The van der Waals surface area contributed by atoms with Crippen molar-refractivity contribution in [1.82, 2.24) is 10.2 Å². The topological polar surface area (TPSA) is 69.6 Å². The van der Waals surface area contributed by atoms with Gasteiger partial charge in [-0.25, -0.2) is 4.79 Å². The second-order valence-electron chi connectivity index (χ2n) is 6.04. The molecule has 0 radical (unpaired) electrons. The number of nitrogens with one attached hydrogen (secondary N) is 1. The van der Waals surface area contributed by atoms with Gasteiger partial charge in [0, 0.05) is 19.6 Å². The summed E-state index contributed by atoms with van der Waals surface area (Å²) in [4.78, 5) is 25.2. The summed E-state index contributed by atoms with van der Waals surface area (Å²) in [7, 11) is 0. The lowest BCUT2D eigenvalue weighted by atomic mass is 9.97. The molecule has 0 bridgehead atoms. The molecule has 1 atom stereocenters. The molecule has 0 aliphatic rings. The molecule has 0 aromatic rings. The van der Waals surface area contributed by atoms with Crippen molar-refractivity contribution in [2.24, 2.45) is 11.8 Å². The number of aliphatic carboxylic acids is 1. The van der Waals surface area contributed by atoms with Crippen molar-refractivity contribution in [2.75, 3.05) is 19.6 Å². The lowest BCUT2D eigenvalue weighted by molar-refractivity contribution is -0.142. The molecule has 2 amide bonds. The highest BCUT2D eigenvalue weighted by atomic mass is 16.4. The van der Waals surface area contributed by atoms with Gasteiger partial charge in [0.25, 0.3) is 0 Å². The highest BCUT2D eigenvalue weighted by Crippen LogP contribution is 2.11. The van der Waals surface area contributed by atoms with Crippen LogP contribution in [0.2, 0.25) is 0 Å². The zero-order valence-corrected chi connectivity index (χ0v) is 14.0. The van der Waals surface area contributed by atoms with Crippen LogP contribution in [0.25, 0.3) is 0 Å². The molecule has 0 aromatic carbocycles. The molecule has 0 aliphatic heterocycles. The number of hydrogen-bond acceptors (Lipinski definition) is 2. The van der Waals surface area contributed by atoms with Gasteiger partial charge in [0.15, 0.2) is 0 Å². The molecule has 21 heavy (non-hydrogen) atoms. The maximum absolute atomic E-state index is 12.2. The number of hydrogen-bond donors (Lipinski definition) is 2. The number of rotatable bonds is 11. The van der Waals surface area contributed by atoms with Gasteiger partial charge >= 0.3 is 12.0 Å². The van der Waals surface area contributed by atoms with Gasteiger partial charge in [0.2, 0.25) is 0 Å². The Morgan fingerprint density at radius 1 is 1.10 bits per heavy atom. The number of carboxylic acid groups (broad SMARTS) is 1. The second-order valence-corrected chi connectivity index (χ2v) is 6.04. The molecule has 0 heterocycles. The molecule has 0 saturated heterocycles. The third-order valence-electron chi connectivity index (χ3n) is 3.46. The fraction of sp³-hybridized carbons (Fsp3) is 0.875. The highest BCUT2D eigenvalue weighted by molar-refractivity contribution is 5.76. The van der Waals surface area contributed by atoms with Crippen LogP contribution in [-0.4, -0.2) is 41.6 Å². The predicted octanol–water partition coefficient (Wildman–Crippen LogP) is 3.35. The molecule has 0 aliphatic carbocycles. The van der Waals surface area contributed by atoms with E-state index in [1.165, 1.54) is 0 Å². The monoisotopic (exact) mass is 300 g/mol. The third-order valence-corrected chi connectivity index (χ3v) is 3.46. The Morgan fingerprint density at radius 2 is 1.62 bits per heavy atom. The summed E-state index contributed by atoms with van der Waals surface area (Å²) in [5, 5.41) is 12.0. The van der Waals surface area contributed by atoms with Crippen molar-refractivity contribution >= 4 is 12.0 Å². The average Bonchev–Trinajstić information content (AvgIpc) is 2.42. The molecule has 0 saturated carbocycles. The van der Waals surface area contributed by atoms with Crippen molar-refractivity contribution in [3.8, 4) is 0 Å². The molecule has 5 nitrogen and oxygen atoms in total. The van der Waals surface area contributed by atoms with E-state index in [9.17, 15) is 14.7 Å². The fourth-order valence-corrected chi connectivity index (χ4v) is 2.18. The largest absolute Gasteiger partial charge is 0.481 e. The Morgan fingerprint density at radius 3 is 2.00 bits per heavy atom. The first-order chi connectivity index (χ1) is 9.92. The van der Waals surface area contributed by atoms with Crippen LogP contribution >= 0.6 is 0 Å². The van der Waals surface area contributed by atoms with Crippen LogP contribution in [0.3, 0.4) is 0 Å². The Kier molecular flexibility index (Phi) is 10.7. The van der Waals surface area contributed by atoms with Crippen LogP contribution in [0.4, 0.5) is 4.79 Å². The summed E-state index contributed by atoms with van der Waals surface area (Å²) in [6, 6.07) is -0.132. The molecule has 2 N–H and O–H groups in total. The quantitative estimate of drug-likeness (QED) is 0.615.